The lowest BCUT2D eigenvalue weighted by molar-refractivity contribution is 0.182. The zero-order valence-electron chi connectivity index (χ0n) is 10.6. The molecule has 17 heavy (non-hydrogen) atoms. The molecule has 3 nitrogen and oxygen atoms in total. The van der Waals surface area contributed by atoms with E-state index >= 15 is 0 Å². The molecule has 1 aliphatic heterocycles. The van der Waals surface area contributed by atoms with E-state index in [1.807, 2.05) is 6.20 Å². The van der Waals surface area contributed by atoms with Crippen LogP contribution in [-0.4, -0.2) is 41.2 Å². The molecule has 4 heteroatoms. The van der Waals surface area contributed by atoms with Crippen LogP contribution in [-0.2, 0) is 12.8 Å². The Bertz CT molecular complexity index is 340. The van der Waals surface area contributed by atoms with Crippen LogP contribution in [0.2, 0.25) is 0 Å². The highest BCUT2D eigenvalue weighted by Crippen LogP contribution is 2.23. The summed E-state index contributed by atoms with van der Waals surface area (Å²) < 4.78 is 0. The number of thiazole rings is 1. The van der Waals surface area contributed by atoms with Gasteiger partial charge in [-0.15, -0.1) is 11.3 Å². The maximum Gasteiger partial charge on any atom is 0.0930 e. The average Bonchev–Trinajstić information content (AvgIpc) is 2.77. The van der Waals surface area contributed by atoms with E-state index in [9.17, 15) is 0 Å². The van der Waals surface area contributed by atoms with Crippen molar-refractivity contribution >= 4 is 11.3 Å². The quantitative estimate of drug-likeness (QED) is 0.872. The van der Waals surface area contributed by atoms with Gasteiger partial charge in [0.2, 0.25) is 0 Å². The normalized spacial score (nSPS) is 21.9. The van der Waals surface area contributed by atoms with Crippen molar-refractivity contribution in [2.24, 2.45) is 5.92 Å². The predicted octanol–water partition coefficient (Wildman–Crippen LogP) is 1.95. The standard InChI is InChI=1S/C13H22N2OS/c1-2-15-6-3-4-11(10-15)8-13-14-9-12(17-13)5-7-16/h9,11,16H,2-8,10H2,1H3. The molecule has 0 amide bonds. The third kappa shape index (κ3) is 3.76. The van der Waals surface area contributed by atoms with Crippen molar-refractivity contribution in [3.63, 3.8) is 0 Å². The first-order valence-electron chi connectivity index (χ1n) is 6.58. The zero-order chi connectivity index (χ0) is 12.1. The van der Waals surface area contributed by atoms with Crippen molar-refractivity contribution < 1.29 is 5.11 Å². The van der Waals surface area contributed by atoms with E-state index in [2.05, 4.69) is 16.8 Å². The highest BCUT2D eigenvalue weighted by molar-refractivity contribution is 7.11. The number of nitrogens with zero attached hydrogens (tertiary/aromatic N) is 2. The molecule has 0 bridgehead atoms. The number of likely N-dealkylation sites (tertiary alicyclic amines) is 1. The average molecular weight is 254 g/mol. The monoisotopic (exact) mass is 254 g/mol. The molecular weight excluding hydrogens is 232 g/mol. The molecule has 0 radical (unpaired) electrons. The SMILES string of the molecule is CCN1CCCC(Cc2ncc(CCO)s2)C1. The van der Waals surface area contributed by atoms with E-state index in [1.165, 1.54) is 42.4 Å². The first kappa shape index (κ1) is 13.0. The topological polar surface area (TPSA) is 36.4 Å². The van der Waals surface area contributed by atoms with Gasteiger partial charge < -0.3 is 10.0 Å². The fraction of sp³-hybridized carbons (Fsp3) is 0.769. The van der Waals surface area contributed by atoms with Gasteiger partial charge in [-0.25, -0.2) is 4.98 Å². The van der Waals surface area contributed by atoms with E-state index in [-0.39, 0.29) is 6.61 Å². The van der Waals surface area contributed by atoms with Crippen molar-refractivity contribution in [2.45, 2.75) is 32.6 Å². The molecule has 0 spiro atoms. The van der Waals surface area contributed by atoms with E-state index in [1.54, 1.807) is 11.3 Å². The Kier molecular flexibility index (Phi) is 4.95. The molecule has 96 valence electrons. The van der Waals surface area contributed by atoms with Crippen LogP contribution in [0.4, 0.5) is 0 Å². The van der Waals surface area contributed by atoms with Crippen LogP contribution in [0.15, 0.2) is 6.20 Å². The van der Waals surface area contributed by atoms with Crippen molar-refractivity contribution in [2.75, 3.05) is 26.2 Å². The van der Waals surface area contributed by atoms with Crippen molar-refractivity contribution in [1.82, 2.24) is 9.88 Å². The second-order valence-electron chi connectivity index (χ2n) is 4.80. The molecule has 1 aromatic heterocycles. The molecule has 1 N–H and O–H groups in total. The highest BCUT2D eigenvalue weighted by Gasteiger charge is 2.20. The summed E-state index contributed by atoms with van der Waals surface area (Å²) in [6.45, 7) is 6.13. The van der Waals surface area contributed by atoms with Crippen LogP contribution >= 0.6 is 11.3 Å². The summed E-state index contributed by atoms with van der Waals surface area (Å²) in [5.41, 5.74) is 0. The van der Waals surface area contributed by atoms with Crippen LogP contribution in [0.1, 0.15) is 29.7 Å². The molecule has 0 aromatic carbocycles. The Morgan fingerprint density at radius 2 is 2.47 bits per heavy atom. The fourth-order valence-corrected chi connectivity index (χ4v) is 3.55. The Balaban J connectivity index is 1.86. The molecule has 2 heterocycles. The second-order valence-corrected chi connectivity index (χ2v) is 6.00. The van der Waals surface area contributed by atoms with Crippen LogP contribution < -0.4 is 0 Å². The van der Waals surface area contributed by atoms with E-state index in [4.69, 9.17) is 5.11 Å². The lowest BCUT2D eigenvalue weighted by atomic mass is 9.95. The van der Waals surface area contributed by atoms with Crippen LogP contribution in [0, 0.1) is 5.92 Å². The molecule has 1 unspecified atom stereocenters. The molecular formula is C13H22N2OS. The largest absolute Gasteiger partial charge is 0.396 e. The fourth-order valence-electron chi connectivity index (χ4n) is 2.52. The maximum atomic E-state index is 8.89. The molecule has 1 aromatic rings. The van der Waals surface area contributed by atoms with Gasteiger partial charge in [0.15, 0.2) is 0 Å². The van der Waals surface area contributed by atoms with Crippen molar-refractivity contribution in [3.05, 3.63) is 16.1 Å². The highest BCUT2D eigenvalue weighted by atomic mass is 32.1. The smallest absolute Gasteiger partial charge is 0.0930 e. The molecule has 0 aliphatic carbocycles. The van der Waals surface area contributed by atoms with Gasteiger partial charge in [-0.05, 0) is 31.8 Å². The van der Waals surface area contributed by atoms with E-state index in [0.29, 0.717) is 0 Å². The minimum absolute atomic E-state index is 0.231. The Labute approximate surface area is 107 Å². The lowest BCUT2D eigenvalue weighted by Gasteiger charge is -2.31. The van der Waals surface area contributed by atoms with Crippen LogP contribution in [0.25, 0.3) is 0 Å². The molecule has 1 saturated heterocycles. The molecule has 1 aliphatic rings. The summed E-state index contributed by atoms with van der Waals surface area (Å²) in [5, 5.41) is 10.1. The second kappa shape index (κ2) is 6.47. The number of hydrogen-bond donors (Lipinski definition) is 1. The number of aliphatic hydroxyl groups is 1. The summed E-state index contributed by atoms with van der Waals surface area (Å²) in [4.78, 5) is 8.22. The Morgan fingerprint density at radius 3 is 3.24 bits per heavy atom. The lowest BCUT2D eigenvalue weighted by Crippen LogP contribution is -2.35. The third-order valence-electron chi connectivity index (χ3n) is 3.47. The number of aromatic nitrogens is 1. The number of rotatable bonds is 5. The first-order chi connectivity index (χ1) is 8.31. The number of piperidine rings is 1. The summed E-state index contributed by atoms with van der Waals surface area (Å²) >= 11 is 1.77. The van der Waals surface area contributed by atoms with E-state index in [0.717, 1.165) is 18.8 Å². The first-order valence-corrected chi connectivity index (χ1v) is 7.40. The van der Waals surface area contributed by atoms with Gasteiger partial charge in [0.1, 0.15) is 0 Å². The van der Waals surface area contributed by atoms with Crippen LogP contribution in [0.5, 0.6) is 0 Å². The van der Waals surface area contributed by atoms with Gasteiger partial charge in [-0.2, -0.15) is 0 Å². The molecule has 1 atom stereocenters. The van der Waals surface area contributed by atoms with Gasteiger partial charge in [0.05, 0.1) is 5.01 Å². The molecule has 1 fully saturated rings. The molecule has 2 rings (SSSR count). The summed E-state index contributed by atoms with van der Waals surface area (Å²) in [5.74, 6) is 0.775. The molecule has 0 saturated carbocycles. The van der Waals surface area contributed by atoms with E-state index < -0.39 is 0 Å². The summed E-state index contributed by atoms with van der Waals surface area (Å²) in [6.07, 6.45) is 6.46. The Hall–Kier alpha value is -0.450. The van der Waals surface area contributed by atoms with Gasteiger partial charge in [-0.3, -0.25) is 0 Å². The van der Waals surface area contributed by atoms with Gasteiger partial charge >= 0.3 is 0 Å². The van der Waals surface area contributed by atoms with Gasteiger partial charge in [0.25, 0.3) is 0 Å². The van der Waals surface area contributed by atoms with Gasteiger partial charge in [0, 0.05) is 37.1 Å². The third-order valence-corrected chi connectivity index (χ3v) is 4.55. The maximum absolute atomic E-state index is 8.89. The van der Waals surface area contributed by atoms with Gasteiger partial charge in [-0.1, -0.05) is 6.92 Å². The predicted molar refractivity (Wildman–Crippen MR) is 71.4 cm³/mol. The number of hydrogen-bond acceptors (Lipinski definition) is 4. The van der Waals surface area contributed by atoms with Crippen LogP contribution in [0.3, 0.4) is 0 Å². The minimum atomic E-state index is 0.231. The Morgan fingerprint density at radius 1 is 1.59 bits per heavy atom. The van der Waals surface area contributed by atoms with Crippen molar-refractivity contribution in [3.8, 4) is 0 Å². The zero-order valence-corrected chi connectivity index (χ0v) is 11.4. The number of aliphatic hydroxyl groups excluding tert-OH is 1. The summed E-state index contributed by atoms with van der Waals surface area (Å²) in [7, 11) is 0. The van der Waals surface area contributed by atoms with Crippen molar-refractivity contribution in [1.29, 1.82) is 0 Å². The minimum Gasteiger partial charge on any atom is -0.396 e. The summed E-state index contributed by atoms with van der Waals surface area (Å²) in [6, 6.07) is 0.